The Bertz CT molecular complexity index is 856. The molecule has 0 amide bonds. The Kier molecular flexibility index (Phi) is 6.03. The van der Waals surface area contributed by atoms with Gasteiger partial charge in [0.1, 0.15) is 18.2 Å². The average Bonchev–Trinajstić information content (AvgIpc) is 3.08. The number of nitrogens with one attached hydrogen (secondary N) is 2. The van der Waals surface area contributed by atoms with Gasteiger partial charge in [-0.05, 0) is 31.2 Å². The second-order valence-electron chi connectivity index (χ2n) is 5.88. The largest absolute Gasteiger partial charge is 0.492 e. The SMILES string of the molecule is CN=C(NCCOc1ccc(C)cc1)NCCc1nnc2ccccn12. The summed E-state index contributed by atoms with van der Waals surface area (Å²) in [5, 5.41) is 14.9. The molecule has 0 bridgehead atoms. The number of aliphatic imine (C=N–C) groups is 1. The zero-order valence-corrected chi connectivity index (χ0v) is 15.1. The van der Waals surface area contributed by atoms with Crippen molar-refractivity contribution in [2.45, 2.75) is 13.3 Å². The highest BCUT2D eigenvalue weighted by Gasteiger charge is 2.04. The molecule has 2 N–H and O–H groups in total. The van der Waals surface area contributed by atoms with Crippen LogP contribution in [0.25, 0.3) is 5.65 Å². The van der Waals surface area contributed by atoms with Gasteiger partial charge in [-0.2, -0.15) is 0 Å². The van der Waals surface area contributed by atoms with Gasteiger partial charge in [-0.15, -0.1) is 10.2 Å². The molecule has 3 rings (SSSR count). The average molecular weight is 352 g/mol. The van der Waals surface area contributed by atoms with Gasteiger partial charge in [0.05, 0.1) is 6.54 Å². The first-order valence-electron chi connectivity index (χ1n) is 8.69. The minimum Gasteiger partial charge on any atom is -0.492 e. The van der Waals surface area contributed by atoms with E-state index in [-0.39, 0.29) is 0 Å². The summed E-state index contributed by atoms with van der Waals surface area (Å²) in [6, 6.07) is 13.9. The molecule has 136 valence electrons. The lowest BCUT2D eigenvalue weighted by molar-refractivity contribution is 0.322. The van der Waals surface area contributed by atoms with Gasteiger partial charge in [0.2, 0.25) is 0 Å². The normalized spacial score (nSPS) is 11.5. The summed E-state index contributed by atoms with van der Waals surface area (Å²) in [5.74, 6) is 2.54. The fraction of sp³-hybridized carbons (Fsp3) is 0.316. The zero-order valence-electron chi connectivity index (χ0n) is 15.1. The van der Waals surface area contributed by atoms with E-state index in [0.717, 1.165) is 29.6 Å². The molecule has 26 heavy (non-hydrogen) atoms. The van der Waals surface area contributed by atoms with Gasteiger partial charge >= 0.3 is 0 Å². The van der Waals surface area contributed by atoms with E-state index in [1.54, 1.807) is 7.05 Å². The van der Waals surface area contributed by atoms with E-state index in [1.807, 2.05) is 53.1 Å². The third-order valence-electron chi connectivity index (χ3n) is 3.93. The Morgan fingerprint density at radius 1 is 1.08 bits per heavy atom. The summed E-state index contributed by atoms with van der Waals surface area (Å²) in [7, 11) is 1.75. The summed E-state index contributed by atoms with van der Waals surface area (Å²) in [5.41, 5.74) is 2.08. The number of aryl methyl sites for hydroxylation is 1. The van der Waals surface area contributed by atoms with Crippen molar-refractivity contribution in [1.82, 2.24) is 25.2 Å². The van der Waals surface area contributed by atoms with Crippen LogP contribution in [0.4, 0.5) is 0 Å². The molecule has 0 saturated carbocycles. The molecular weight excluding hydrogens is 328 g/mol. The van der Waals surface area contributed by atoms with Crippen molar-refractivity contribution in [1.29, 1.82) is 0 Å². The Morgan fingerprint density at radius 2 is 1.88 bits per heavy atom. The van der Waals surface area contributed by atoms with Crippen LogP contribution in [0.1, 0.15) is 11.4 Å². The van der Waals surface area contributed by atoms with Crippen molar-refractivity contribution in [2.24, 2.45) is 4.99 Å². The first kappa shape index (κ1) is 17.7. The van der Waals surface area contributed by atoms with Crippen LogP contribution in [0.3, 0.4) is 0 Å². The molecule has 0 saturated heterocycles. The van der Waals surface area contributed by atoms with Gasteiger partial charge in [0.25, 0.3) is 0 Å². The van der Waals surface area contributed by atoms with Crippen LogP contribution in [0.15, 0.2) is 53.7 Å². The number of rotatable bonds is 7. The van der Waals surface area contributed by atoms with Crippen LogP contribution >= 0.6 is 0 Å². The van der Waals surface area contributed by atoms with Gasteiger partial charge < -0.3 is 15.4 Å². The summed E-state index contributed by atoms with van der Waals surface area (Å²) in [6.07, 6.45) is 2.73. The Balaban J connectivity index is 1.38. The molecule has 3 aromatic rings. The predicted molar refractivity (Wildman–Crippen MR) is 103 cm³/mol. The maximum Gasteiger partial charge on any atom is 0.191 e. The van der Waals surface area contributed by atoms with E-state index in [1.165, 1.54) is 5.56 Å². The molecule has 0 fully saturated rings. The van der Waals surface area contributed by atoms with E-state index in [4.69, 9.17) is 4.74 Å². The first-order chi connectivity index (χ1) is 12.8. The number of hydrogen-bond acceptors (Lipinski definition) is 4. The number of pyridine rings is 1. The summed E-state index contributed by atoms with van der Waals surface area (Å²) in [4.78, 5) is 4.22. The maximum absolute atomic E-state index is 5.70. The quantitative estimate of drug-likeness (QED) is 0.385. The number of fused-ring (bicyclic) bond motifs is 1. The van der Waals surface area contributed by atoms with E-state index in [9.17, 15) is 0 Å². The monoisotopic (exact) mass is 352 g/mol. The molecule has 0 aliphatic heterocycles. The lowest BCUT2D eigenvalue weighted by Gasteiger charge is -2.12. The molecule has 0 aliphatic rings. The molecule has 7 nitrogen and oxygen atoms in total. The van der Waals surface area contributed by atoms with E-state index in [0.29, 0.717) is 19.7 Å². The minimum absolute atomic E-state index is 0.568. The lowest BCUT2D eigenvalue weighted by atomic mass is 10.2. The second-order valence-corrected chi connectivity index (χ2v) is 5.88. The van der Waals surface area contributed by atoms with Crippen molar-refractivity contribution >= 4 is 11.6 Å². The molecule has 2 aromatic heterocycles. The Labute approximate surface area is 153 Å². The number of hydrogen-bond donors (Lipinski definition) is 2. The van der Waals surface area contributed by atoms with Gasteiger partial charge in [0, 0.05) is 26.2 Å². The lowest BCUT2D eigenvalue weighted by Crippen LogP contribution is -2.40. The molecule has 0 radical (unpaired) electrons. The third kappa shape index (κ3) is 4.72. The van der Waals surface area contributed by atoms with Crippen LogP contribution in [-0.2, 0) is 6.42 Å². The fourth-order valence-corrected chi connectivity index (χ4v) is 2.55. The van der Waals surface area contributed by atoms with Gasteiger partial charge in [-0.3, -0.25) is 9.39 Å². The van der Waals surface area contributed by atoms with Crippen molar-refractivity contribution in [2.75, 3.05) is 26.7 Å². The minimum atomic E-state index is 0.568. The van der Waals surface area contributed by atoms with Crippen LogP contribution in [0.2, 0.25) is 0 Å². The molecule has 7 heteroatoms. The number of ether oxygens (including phenoxy) is 1. The number of nitrogens with zero attached hydrogens (tertiary/aromatic N) is 4. The van der Waals surface area contributed by atoms with Crippen molar-refractivity contribution in [3.63, 3.8) is 0 Å². The van der Waals surface area contributed by atoms with Crippen molar-refractivity contribution in [3.05, 3.63) is 60.0 Å². The molecule has 2 heterocycles. The fourth-order valence-electron chi connectivity index (χ4n) is 2.55. The Hall–Kier alpha value is -3.09. The molecule has 0 atom stereocenters. The van der Waals surface area contributed by atoms with Crippen molar-refractivity contribution < 1.29 is 4.74 Å². The van der Waals surface area contributed by atoms with Crippen molar-refractivity contribution in [3.8, 4) is 5.75 Å². The second kappa shape index (κ2) is 8.84. The molecule has 0 spiro atoms. The van der Waals surface area contributed by atoms with Crippen LogP contribution in [0, 0.1) is 6.92 Å². The van der Waals surface area contributed by atoms with E-state index in [2.05, 4.69) is 32.7 Å². The number of guanidine groups is 1. The van der Waals surface area contributed by atoms with Crippen LogP contribution in [0.5, 0.6) is 5.75 Å². The number of aromatic nitrogens is 3. The highest BCUT2D eigenvalue weighted by molar-refractivity contribution is 5.79. The summed E-state index contributed by atoms with van der Waals surface area (Å²) >= 11 is 0. The first-order valence-corrected chi connectivity index (χ1v) is 8.69. The van der Waals surface area contributed by atoms with Crippen LogP contribution < -0.4 is 15.4 Å². The van der Waals surface area contributed by atoms with Gasteiger partial charge in [0.15, 0.2) is 11.6 Å². The van der Waals surface area contributed by atoms with Gasteiger partial charge in [-0.1, -0.05) is 23.8 Å². The van der Waals surface area contributed by atoms with Gasteiger partial charge in [-0.25, -0.2) is 0 Å². The summed E-state index contributed by atoms with van der Waals surface area (Å²) < 4.78 is 7.69. The van der Waals surface area contributed by atoms with E-state index >= 15 is 0 Å². The smallest absolute Gasteiger partial charge is 0.191 e. The van der Waals surface area contributed by atoms with Crippen LogP contribution in [-0.4, -0.2) is 47.3 Å². The number of benzene rings is 1. The zero-order chi connectivity index (χ0) is 18.2. The highest BCUT2D eigenvalue weighted by atomic mass is 16.5. The van der Waals surface area contributed by atoms with E-state index < -0.39 is 0 Å². The Morgan fingerprint density at radius 3 is 2.69 bits per heavy atom. The maximum atomic E-state index is 5.70. The molecule has 1 aromatic carbocycles. The molecule has 0 aliphatic carbocycles. The molecular formula is C19H24N6O. The molecule has 0 unspecified atom stereocenters. The standard InChI is InChI=1S/C19H24N6O/c1-15-6-8-16(9-7-15)26-14-12-22-19(20-2)21-11-10-18-24-23-17-5-3-4-13-25(17)18/h3-9,13H,10-12,14H2,1-2H3,(H2,20,21,22). The summed E-state index contributed by atoms with van der Waals surface area (Å²) in [6.45, 7) is 4.01. The predicted octanol–water partition coefficient (Wildman–Crippen LogP) is 1.82. The third-order valence-corrected chi connectivity index (χ3v) is 3.93. The highest BCUT2D eigenvalue weighted by Crippen LogP contribution is 2.10. The topological polar surface area (TPSA) is 75.8 Å².